The molecule has 5 heteroatoms. The molecule has 3 rings (SSSR count). The Balaban J connectivity index is 1.41. The lowest BCUT2D eigenvalue weighted by atomic mass is 10.1. The highest BCUT2D eigenvalue weighted by Crippen LogP contribution is 2.13. The maximum absolute atomic E-state index is 12.9. The van der Waals surface area contributed by atoms with Crippen LogP contribution in [0.1, 0.15) is 11.1 Å². The van der Waals surface area contributed by atoms with E-state index in [1.54, 1.807) is 19.2 Å². The molecule has 0 aliphatic carbocycles. The summed E-state index contributed by atoms with van der Waals surface area (Å²) in [6.07, 6.45) is 1.33. The van der Waals surface area contributed by atoms with Gasteiger partial charge in [-0.1, -0.05) is 24.3 Å². The van der Waals surface area contributed by atoms with E-state index in [1.165, 1.54) is 17.7 Å². The van der Waals surface area contributed by atoms with Crippen LogP contribution >= 0.6 is 0 Å². The van der Waals surface area contributed by atoms with Gasteiger partial charge in [-0.25, -0.2) is 4.39 Å². The zero-order chi connectivity index (χ0) is 18.4. The van der Waals surface area contributed by atoms with Crippen LogP contribution in [-0.4, -0.2) is 55.5 Å². The van der Waals surface area contributed by atoms with E-state index in [4.69, 9.17) is 4.74 Å². The minimum atomic E-state index is -0.272. The monoisotopic (exact) mass is 356 g/mol. The summed E-state index contributed by atoms with van der Waals surface area (Å²) in [5.41, 5.74) is 2.15. The second kappa shape index (κ2) is 8.81. The van der Waals surface area contributed by atoms with Crippen molar-refractivity contribution in [1.82, 2.24) is 9.80 Å². The molecule has 1 heterocycles. The minimum absolute atomic E-state index is 0.117. The highest BCUT2D eigenvalue weighted by Gasteiger charge is 2.20. The Hall–Kier alpha value is -2.40. The van der Waals surface area contributed by atoms with Crippen LogP contribution in [0.15, 0.2) is 48.5 Å². The van der Waals surface area contributed by atoms with E-state index >= 15 is 0 Å². The van der Waals surface area contributed by atoms with Crippen LogP contribution in [0.4, 0.5) is 4.39 Å². The number of carbonyl (C=O) groups is 1. The van der Waals surface area contributed by atoms with Gasteiger partial charge in [-0.05, 0) is 41.8 Å². The molecule has 0 aromatic heterocycles. The lowest BCUT2D eigenvalue weighted by Gasteiger charge is -2.34. The molecule has 138 valence electrons. The summed E-state index contributed by atoms with van der Waals surface area (Å²) in [5.74, 6) is 0.722. The molecule has 2 aromatic rings. The van der Waals surface area contributed by atoms with E-state index in [0.717, 1.165) is 50.5 Å². The van der Waals surface area contributed by atoms with Gasteiger partial charge in [0.05, 0.1) is 13.5 Å². The van der Waals surface area contributed by atoms with Crippen LogP contribution < -0.4 is 4.74 Å². The summed E-state index contributed by atoms with van der Waals surface area (Å²) in [5, 5.41) is 0. The quantitative estimate of drug-likeness (QED) is 0.798. The third kappa shape index (κ3) is 5.05. The van der Waals surface area contributed by atoms with Gasteiger partial charge in [-0.15, -0.1) is 0 Å². The molecule has 0 saturated carbocycles. The highest BCUT2D eigenvalue weighted by molar-refractivity contribution is 5.78. The normalized spacial score (nSPS) is 15.1. The standard InChI is InChI=1S/C21H25FN2O2/c1-26-20-8-4-17(5-9-20)10-11-23-12-14-24(15-13-23)21(25)16-18-2-6-19(22)7-3-18/h2-9H,10-16H2,1H3. The van der Waals surface area contributed by atoms with E-state index in [1.807, 2.05) is 17.0 Å². The largest absolute Gasteiger partial charge is 0.497 e. The predicted octanol–water partition coefficient (Wildman–Crippen LogP) is 2.76. The zero-order valence-corrected chi connectivity index (χ0v) is 15.2. The summed E-state index contributed by atoms with van der Waals surface area (Å²) in [4.78, 5) is 16.7. The number of benzene rings is 2. The number of nitrogens with zero attached hydrogens (tertiary/aromatic N) is 2. The topological polar surface area (TPSA) is 32.8 Å². The predicted molar refractivity (Wildman–Crippen MR) is 99.8 cm³/mol. The number of carbonyl (C=O) groups excluding carboxylic acids is 1. The maximum atomic E-state index is 12.9. The van der Waals surface area contributed by atoms with Gasteiger partial charge in [0.25, 0.3) is 0 Å². The van der Waals surface area contributed by atoms with Gasteiger partial charge in [0.1, 0.15) is 11.6 Å². The number of piperazine rings is 1. The molecule has 1 saturated heterocycles. The van der Waals surface area contributed by atoms with E-state index in [-0.39, 0.29) is 11.7 Å². The summed E-state index contributed by atoms with van der Waals surface area (Å²) in [7, 11) is 1.67. The fourth-order valence-corrected chi connectivity index (χ4v) is 3.19. The summed E-state index contributed by atoms with van der Waals surface area (Å²) < 4.78 is 18.1. The molecule has 0 atom stereocenters. The number of rotatable bonds is 6. The van der Waals surface area contributed by atoms with Crippen molar-refractivity contribution < 1.29 is 13.9 Å². The van der Waals surface area contributed by atoms with Crippen LogP contribution in [0.25, 0.3) is 0 Å². The van der Waals surface area contributed by atoms with Gasteiger partial charge >= 0.3 is 0 Å². The summed E-state index contributed by atoms with van der Waals surface area (Å²) in [6, 6.07) is 14.3. The first-order chi connectivity index (χ1) is 12.6. The first-order valence-electron chi connectivity index (χ1n) is 9.01. The van der Waals surface area contributed by atoms with Crippen molar-refractivity contribution in [3.63, 3.8) is 0 Å². The Kier molecular flexibility index (Phi) is 6.23. The van der Waals surface area contributed by atoms with Crippen molar-refractivity contribution in [2.75, 3.05) is 39.8 Å². The third-order valence-corrected chi connectivity index (χ3v) is 4.87. The average molecular weight is 356 g/mol. The van der Waals surface area contributed by atoms with Crippen molar-refractivity contribution in [3.8, 4) is 5.75 Å². The van der Waals surface area contributed by atoms with E-state index < -0.39 is 0 Å². The Morgan fingerprint density at radius 2 is 1.58 bits per heavy atom. The van der Waals surface area contributed by atoms with E-state index in [0.29, 0.717) is 6.42 Å². The second-order valence-electron chi connectivity index (χ2n) is 6.62. The highest BCUT2D eigenvalue weighted by atomic mass is 19.1. The van der Waals surface area contributed by atoms with E-state index in [2.05, 4.69) is 17.0 Å². The number of methoxy groups -OCH3 is 1. The lowest BCUT2D eigenvalue weighted by molar-refractivity contribution is -0.132. The number of hydrogen-bond donors (Lipinski definition) is 0. The van der Waals surface area contributed by atoms with E-state index in [9.17, 15) is 9.18 Å². The van der Waals surface area contributed by atoms with Crippen LogP contribution in [0.5, 0.6) is 5.75 Å². The number of halogens is 1. The molecule has 0 bridgehead atoms. The molecule has 0 unspecified atom stereocenters. The summed E-state index contributed by atoms with van der Waals surface area (Å²) >= 11 is 0. The molecule has 4 nitrogen and oxygen atoms in total. The molecule has 1 fully saturated rings. The molecule has 1 aliphatic rings. The van der Waals surface area contributed by atoms with Crippen molar-refractivity contribution in [3.05, 3.63) is 65.5 Å². The number of ether oxygens (including phenoxy) is 1. The van der Waals surface area contributed by atoms with Crippen LogP contribution in [-0.2, 0) is 17.6 Å². The Morgan fingerprint density at radius 3 is 2.19 bits per heavy atom. The second-order valence-corrected chi connectivity index (χ2v) is 6.62. The fourth-order valence-electron chi connectivity index (χ4n) is 3.19. The molecular formula is C21H25FN2O2. The minimum Gasteiger partial charge on any atom is -0.497 e. The molecule has 1 amide bonds. The molecule has 26 heavy (non-hydrogen) atoms. The van der Waals surface area contributed by atoms with Gasteiger partial charge in [0.2, 0.25) is 5.91 Å². The Morgan fingerprint density at radius 1 is 0.962 bits per heavy atom. The van der Waals surface area contributed by atoms with Crippen LogP contribution in [0, 0.1) is 5.82 Å². The third-order valence-electron chi connectivity index (χ3n) is 4.87. The number of hydrogen-bond acceptors (Lipinski definition) is 3. The first-order valence-corrected chi connectivity index (χ1v) is 9.01. The summed E-state index contributed by atoms with van der Waals surface area (Å²) in [6.45, 7) is 4.29. The lowest BCUT2D eigenvalue weighted by Crippen LogP contribution is -2.49. The fraction of sp³-hybridized carbons (Fsp3) is 0.381. The van der Waals surface area contributed by atoms with Gasteiger partial charge in [0, 0.05) is 32.7 Å². The molecule has 2 aromatic carbocycles. The van der Waals surface area contributed by atoms with Crippen molar-refractivity contribution in [2.45, 2.75) is 12.8 Å². The van der Waals surface area contributed by atoms with Gasteiger partial charge in [-0.2, -0.15) is 0 Å². The molecule has 0 spiro atoms. The first kappa shape index (κ1) is 18.4. The Labute approximate surface area is 154 Å². The Bertz CT molecular complexity index is 708. The maximum Gasteiger partial charge on any atom is 0.227 e. The molecule has 0 N–H and O–H groups in total. The van der Waals surface area contributed by atoms with Crippen molar-refractivity contribution in [2.24, 2.45) is 0 Å². The molecular weight excluding hydrogens is 331 g/mol. The average Bonchev–Trinajstić information content (AvgIpc) is 2.69. The van der Waals surface area contributed by atoms with Crippen molar-refractivity contribution >= 4 is 5.91 Å². The number of amides is 1. The molecule has 0 radical (unpaired) electrons. The SMILES string of the molecule is COc1ccc(CCN2CCN(C(=O)Cc3ccc(F)cc3)CC2)cc1. The smallest absolute Gasteiger partial charge is 0.227 e. The van der Waals surface area contributed by atoms with Gasteiger partial charge < -0.3 is 9.64 Å². The van der Waals surface area contributed by atoms with Gasteiger partial charge in [-0.3, -0.25) is 9.69 Å². The molecule has 1 aliphatic heterocycles. The van der Waals surface area contributed by atoms with Gasteiger partial charge in [0.15, 0.2) is 0 Å². The zero-order valence-electron chi connectivity index (χ0n) is 15.2. The van der Waals surface area contributed by atoms with Crippen molar-refractivity contribution in [1.29, 1.82) is 0 Å². The van der Waals surface area contributed by atoms with Crippen LogP contribution in [0.2, 0.25) is 0 Å². The van der Waals surface area contributed by atoms with Crippen LogP contribution in [0.3, 0.4) is 0 Å².